The molecule has 6 nitrogen and oxygen atoms in total. The minimum absolute atomic E-state index is 0.0154. The molecular formula is C28H32Cl2N4O2. The van der Waals surface area contributed by atoms with Crippen molar-refractivity contribution in [2.75, 3.05) is 51.3 Å². The highest BCUT2D eigenvalue weighted by Gasteiger charge is 2.21. The number of nitrogens with zero attached hydrogens (tertiary/aromatic N) is 2. The lowest BCUT2D eigenvalue weighted by Crippen LogP contribution is -2.50. The zero-order chi connectivity index (χ0) is 25.3. The second kappa shape index (κ2) is 13.0. The monoisotopic (exact) mass is 526 g/mol. The summed E-state index contributed by atoms with van der Waals surface area (Å²) >= 11 is 12.4. The molecule has 3 aromatic carbocycles. The molecule has 1 heterocycles. The minimum atomic E-state index is -0.257. The van der Waals surface area contributed by atoms with Crippen LogP contribution in [0, 0.1) is 0 Å². The highest BCUT2D eigenvalue weighted by Crippen LogP contribution is 2.26. The number of rotatable bonds is 10. The van der Waals surface area contributed by atoms with Gasteiger partial charge in [0.05, 0.1) is 29.7 Å². The first-order valence-corrected chi connectivity index (χ1v) is 12.9. The molecule has 190 valence electrons. The number of benzene rings is 3. The summed E-state index contributed by atoms with van der Waals surface area (Å²) in [5.41, 5.74) is 3.18. The number of ether oxygens (including phenoxy) is 1. The average Bonchev–Trinajstić information content (AvgIpc) is 2.91. The average molecular weight is 527 g/mol. The molecule has 4 rings (SSSR count). The van der Waals surface area contributed by atoms with E-state index in [2.05, 4.69) is 44.7 Å². The Balaban J connectivity index is 1.35. The number of para-hydroxylation sites is 2. The third-order valence-electron chi connectivity index (χ3n) is 6.40. The van der Waals surface area contributed by atoms with E-state index in [1.165, 1.54) is 5.69 Å². The summed E-state index contributed by atoms with van der Waals surface area (Å²) in [6.45, 7) is 4.97. The van der Waals surface area contributed by atoms with Crippen LogP contribution in [-0.2, 0) is 11.3 Å². The van der Waals surface area contributed by atoms with Crippen molar-refractivity contribution in [2.24, 2.45) is 0 Å². The molecule has 1 saturated heterocycles. The maximum absolute atomic E-state index is 13.1. The second-order valence-corrected chi connectivity index (χ2v) is 9.65. The Hall–Kier alpha value is -2.77. The number of carbonyl (C=O) groups excluding carboxylic acids is 1. The quantitative estimate of drug-likeness (QED) is 0.398. The molecular weight excluding hydrogens is 495 g/mol. The number of hydrogen-bond acceptors (Lipinski definition) is 5. The van der Waals surface area contributed by atoms with Crippen LogP contribution in [0.25, 0.3) is 0 Å². The van der Waals surface area contributed by atoms with Crippen LogP contribution in [0.15, 0.2) is 72.8 Å². The summed E-state index contributed by atoms with van der Waals surface area (Å²) < 4.78 is 5.45. The summed E-state index contributed by atoms with van der Waals surface area (Å²) in [7, 11) is 1.66. The van der Waals surface area contributed by atoms with Gasteiger partial charge in [-0.15, -0.1) is 0 Å². The highest BCUT2D eigenvalue weighted by atomic mass is 35.5. The van der Waals surface area contributed by atoms with E-state index in [-0.39, 0.29) is 11.9 Å². The van der Waals surface area contributed by atoms with Crippen LogP contribution in [0.4, 0.5) is 5.69 Å². The number of carbonyl (C=O) groups is 1. The van der Waals surface area contributed by atoms with Gasteiger partial charge in [0.15, 0.2) is 0 Å². The van der Waals surface area contributed by atoms with Crippen LogP contribution >= 0.6 is 23.2 Å². The molecule has 8 heteroatoms. The number of nitrogens with one attached hydrogen (secondary N) is 2. The second-order valence-electron chi connectivity index (χ2n) is 8.84. The number of anilines is 1. The number of halogens is 2. The Labute approximate surface area is 223 Å². The lowest BCUT2D eigenvalue weighted by atomic mass is 10.1. The van der Waals surface area contributed by atoms with Gasteiger partial charge in [-0.3, -0.25) is 9.69 Å². The molecule has 3 aromatic rings. The predicted octanol–water partition coefficient (Wildman–Crippen LogP) is 4.77. The fourth-order valence-corrected chi connectivity index (χ4v) is 4.73. The molecule has 1 amide bonds. The lowest BCUT2D eigenvalue weighted by molar-refractivity contribution is -0.123. The smallest absolute Gasteiger partial charge is 0.234 e. The van der Waals surface area contributed by atoms with Gasteiger partial charge in [0, 0.05) is 50.5 Å². The standard InChI is InChI=1S/C28H32Cl2N4O2/c1-36-27-10-6-5-7-22(27)18-31-19-26(21-11-12-24(29)25(30)17-21)32-28(35)20-33-13-15-34(16-14-33)23-8-3-2-4-9-23/h2-12,17,26,31H,13-16,18-20H2,1H3,(H,32,35). The fraction of sp³-hybridized carbons (Fsp3) is 0.321. The highest BCUT2D eigenvalue weighted by molar-refractivity contribution is 6.42. The van der Waals surface area contributed by atoms with Crippen molar-refractivity contribution >= 4 is 34.8 Å². The fourth-order valence-electron chi connectivity index (χ4n) is 4.43. The van der Waals surface area contributed by atoms with Crippen LogP contribution in [0.3, 0.4) is 0 Å². The zero-order valence-electron chi connectivity index (χ0n) is 20.4. The maximum atomic E-state index is 13.1. The van der Waals surface area contributed by atoms with E-state index in [9.17, 15) is 4.79 Å². The van der Waals surface area contributed by atoms with E-state index >= 15 is 0 Å². The van der Waals surface area contributed by atoms with Crippen LogP contribution < -0.4 is 20.3 Å². The third-order valence-corrected chi connectivity index (χ3v) is 7.14. The Morgan fingerprint density at radius 2 is 1.67 bits per heavy atom. The first-order chi connectivity index (χ1) is 17.5. The van der Waals surface area contributed by atoms with E-state index in [4.69, 9.17) is 27.9 Å². The molecule has 1 fully saturated rings. The largest absolute Gasteiger partial charge is 0.496 e. The molecule has 1 aliphatic rings. The van der Waals surface area contributed by atoms with Gasteiger partial charge in [0.1, 0.15) is 5.75 Å². The topological polar surface area (TPSA) is 56.8 Å². The lowest BCUT2D eigenvalue weighted by Gasteiger charge is -2.36. The number of amides is 1. The van der Waals surface area contributed by atoms with Gasteiger partial charge in [0.2, 0.25) is 5.91 Å². The van der Waals surface area contributed by atoms with Gasteiger partial charge in [-0.2, -0.15) is 0 Å². The number of piperazine rings is 1. The Kier molecular flexibility index (Phi) is 9.47. The molecule has 0 saturated carbocycles. The normalized spacial score (nSPS) is 14.9. The Morgan fingerprint density at radius 3 is 2.39 bits per heavy atom. The van der Waals surface area contributed by atoms with Gasteiger partial charge in [0.25, 0.3) is 0 Å². The van der Waals surface area contributed by atoms with Crippen molar-refractivity contribution in [3.8, 4) is 5.75 Å². The Morgan fingerprint density at radius 1 is 0.944 bits per heavy atom. The van der Waals surface area contributed by atoms with Gasteiger partial charge in [-0.05, 0) is 35.9 Å². The SMILES string of the molecule is COc1ccccc1CNCC(NC(=O)CN1CCN(c2ccccc2)CC1)c1ccc(Cl)c(Cl)c1. The van der Waals surface area contributed by atoms with Crippen molar-refractivity contribution in [3.05, 3.63) is 94.0 Å². The zero-order valence-corrected chi connectivity index (χ0v) is 21.9. The van der Waals surface area contributed by atoms with Crippen molar-refractivity contribution < 1.29 is 9.53 Å². The van der Waals surface area contributed by atoms with E-state index in [1.807, 2.05) is 42.5 Å². The van der Waals surface area contributed by atoms with Crippen LogP contribution in [0.5, 0.6) is 5.75 Å². The van der Waals surface area contributed by atoms with E-state index in [1.54, 1.807) is 13.2 Å². The van der Waals surface area contributed by atoms with Crippen molar-refractivity contribution in [2.45, 2.75) is 12.6 Å². The summed E-state index contributed by atoms with van der Waals surface area (Å²) in [4.78, 5) is 17.6. The van der Waals surface area contributed by atoms with Gasteiger partial charge >= 0.3 is 0 Å². The van der Waals surface area contributed by atoms with E-state index < -0.39 is 0 Å². The molecule has 0 aliphatic carbocycles. The molecule has 0 spiro atoms. The van der Waals surface area contributed by atoms with Crippen molar-refractivity contribution in [3.63, 3.8) is 0 Å². The van der Waals surface area contributed by atoms with Gasteiger partial charge < -0.3 is 20.3 Å². The minimum Gasteiger partial charge on any atom is -0.496 e. The van der Waals surface area contributed by atoms with E-state index in [0.29, 0.717) is 29.7 Å². The summed E-state index contributed by atoms with van der Waals surface area (Å²) in [6, 6.07) is 23.5. The van der Waals surface area contributed by atoms with Crippen LogP contribution in [0.1, 0.15) is 17.2 Å². The van der Waals surface area contributed by atoms with Gasteiger partial charge in [-0.1, -0.05) is 65.7 Å². The van der Waals surface area contributed by atoms with Gasteiger partial charge in [-0.25, -0.2) is 0 Å². The molecule has 1 unspecified atom stereocenters. The van der Waals surface area contributed by atoms with Crippen LogP contribution in [0.2, 0.25) is 10.0 Å². The summed E-state index contributed by atoms with van der Waals surface area (Å²) in [5.74, 6) is 0.813. The molecule has 1 aliphatic heterocycles. The van der Waals surface area contributed by atoms with Crippen LogP contribution in [-0.4, -0.2) is 57.2 Å². The molecule has 0 aromatic heterocycles. The molecule has 1 atom stereocenters. The van der Waals surface area contributed by atoms with Crippen molar-refractivity contribution in [1.82, 2.24) is 15.5 Å². The predicted molar refractivity (Wildman–Crippen MR) is 147 cm³/mol. The van der Waals surface area contributed by atoms with E-state index in [0.717, 1.165) is 43.1 Å². The molecule has 0 bridgehead atoms. The molecule has 0 radical (unpaired) electrons. The molecule has 36 heavy (non-hydrogen) atoms. The number of methoxy groups -OCH3 is 1. The third kappa shape index (κ3) is 7.14. The molecule has 2 N–H and O–H groups in total. The maximum Gasteiger partial charge on any atom is 0.234 e. The first-order valence-electron chi connectivity index (χ1n) is 12.1. The number of hydrogen-bond donors (Lipinski definition) is 2. The Bertz CT molecular complexity index is 1140. The summed E-state index contributed by atoms with van der Waals surface area (Å²) in [5, 5.41) is 7.60. The first kappa shape index (κ1) is 26.3. The van der Waals surface area contributed by atoms with Crippen molar-refractivity contribution in [1.29, 1.82) is 0 Å². The summed E-state index contributed by atoms with van der Waals surface area (Å²) in [6.07, 6.45) is 0.